The molecule has 1 saturated carbocycles. The molecule has 4 nitrogen and oxygen atoms in total. The zero-order valence-electron chi connectivity index (χ0n) is 12.2. The molecule has 1 heterocycles. The molecule has 0 aromatic heterocycles. The summed E-state index contributed by atoms with van der Waals surface area (Å²) in [5, 5.41) is 0. The molecule has 2 atom stereocenters. The Morgan fingerprint density at radius 2 is 1.81 bits per heavy atom. The van der Waals surface area contributed by atoms with Crippen LogP contribution in [0.4, 0.5) is 13.2 Å². The Morgan fingerprint density at radius 1 is 1.14 bits per heavy atom. The fourth-order valence-corrected chi connectivity index (χ4v) is 3.37. The standard InChI is InChI=1S/C14H24F3N3O/c15-14(16,17)10-19-4-6-20(7-5-19)13(21)12-3-1-2-11(8-12)9-18/h11-12H,1-10,18H2. The van der Waals surface area contributed by atoms with Crippen molar-refractivity contribution in [2.24, 2.45) is 17.6 Å². The molecule has 122 valence electrons. The van der Waals surface area contributed by atoms with Crippen molar-refractivity contribution >= 4 is 5.91 Å². The molecule has 2 fully saturated rings. The van der Waals surface area contributed by atoms with Crippen molar-refractivity contribution in [1.29, 1.82) is 0 Å². The van der Waals surface area contributed by atoms with Gasteiger partial charge in [-0.25, -0.2) is 0 Å². The first-order valence-corrected chi connectivity index (χ1v) is 7.67. The van der Waals surface area contributed by atoms with Gasteiger partial charge in [-0.15, -0.1) is 0 Å². The number of carbonyl (C=O) groups is 1. The van der Waals surface area contributed by atoms with Gasteiger partial charge in [0, 0.05) is 32.1 Å². The molecule has 1 amide bonds. The minimum absolute atomic E-state index is 0.0152. The Balaban J connectivity index is 1.80. The lowest BCUT2D eigenvalue weighted by Gasteiger charge is -2.38. The molecule has 0 radical (unpaired) electrons. The van der Waals surface area contributed by atoms with Crippen LogP contribution in [-0.2, 0) is 4.79 Å². The number of hydrogen-bond donors (Lipinski definition) is 1. The first-order valence-electron chi connectivity index (χ1n) is 7.67. The van der Waals surface area contributed by atoms with Gasteiger partial charge in [0.25, 0.3) is 0 Å². The fourth-order valence-electron chi connectivity index (χ4n) is 3.37. The highest BCUT2D eigenvalue weighted by Crippen LogP contribution is 2.30. The molecule has 21 heavy (non-hydrogen) atoms. The summed E-state index contributed by atoms with van der Waals surface area (Å²) in [5.74, 6) is 0.542. The van der Waals surface area contributed by atoms with E-state index in [-0.39, 0.29) is 11.8 Å². The molecule has 0 bridgehead atoms. The van der Waals surface area contributed by atoms with E-state index < -0.39 is 12.7 Å². The van der Waals surface area contributed by atoms with Gasteiger partial charge in [0.05, 0.1) is 6.54 Å². The number of amides is 1. The molecule has 2 N–H and O–H groups in total. The summed E-state index contributed by atoms with van der Waals surface area (Å²) >= 11 is 0. The normalized spacial score (nSPS) is 28.7. The van der Waals surface area contributed by atoms with Crippen molar-refractivity contribution in [3.8, 4) is 0 Å². The summed E-state index contributed by atoms with van der Waals surface area (Å²) in [6.45, 7) is 1.14. The minimum Gasteiger partial charge on any atom is -0.340 e. The average Bonchev–Trinajstić information content (AvgIpc) is 2.46. The monoisotopic (exact) mass is 307 g/mol. The van der Waals surface area contributed by atoms with Crippen molar-refractivity contribution in [2.75, 3.05) is 39.3 Å². The van der Waals surface area contributed by atoms with Gasteiger partial charge in [-0.2, -0.15) is 13.2 Å². The number of rotatable bonds is 3. The molecule has 1 saturated heterocycles. The van der Waals surface area contributed by atoms with E-state index in [1.165, 1.54) is 4.90 Å². The van der Waals surface area contributed by atoms with Crippen molar-refractivity contribution < 1.29 is 18.0 Å². The highest BCUT2D eigenvalue weighted by molar-refractivity contribution is 5.79. The fraction of sp³-hybridized carbons (Fsp3) is 0.929. The number of nitrogens with two attached hydrogens (primary N) is 1. The van der Waals surface area contributed by atoms with E-state index in [1.54, 1.807) is 4.90 Å². The van der Waals surface area contributed by atoms with Gasteiger partial charge >= 0.3 is 6.18 Å². The zero-order chi connectivity index (χ0) is 15.5. The van der Waals surface area contributed by atoms with Crippen LogP contribution in [0, 0.1) is 11.8 Å². The second kappa shape index (κ2) is 6.96. The van der Waals surface area contributed by atoms with Crippen LogP contribution < -0.4 is 5.73 Å². The third-order valence-corrected chi connectivity index (χ3v) is 4.55. The van der Waals surface area contributed by atoms with E-state index in [2.05, 4.69) is 0 Å². The first-order chi connectivity index (χ1) is 9.89. The van der Waals surface area contributed by atoms with Crippen molar-refractivity contribution in [1.82, 2.24) is 9.80 Å². The second-order valence-corrected chi connectivity index (χ2v) is 6.18. The SMILES string of the molecule is NCC1CCCC(C(=O)N2CCN(CC(F)(F)F)CC2)C1. The van der Waals surface area contributed by atoms with Crippen molar-refractivity contribution in [2.45, 2.75) is 31.9 Å². The van der Waals surface area contributed by atoms with E-state index in [0.29, 0.717) is 38.6 Å². The maximum absolute atomic E-state index is 12.5. The summed E-state index contributed by atoms with van der Waals surface area (Å²) in [4.78, 5) is 15.6. The lowest BCUT2D eigenvalue weighted by atomic mass is 9.80. The number of piperazine rings is 1. The Bertz CT molecular complexity index is 354. The number of alkyl halides is 3. The smallest absolute Gasteiger partial charge is 0.340 e. The number of nitrogens with zero attached hydrogens (tertiary/aromatic N) is 2. The van der Waals surface area contributed by atoms with Gasteiger partial charge < -0.3 is 10.6 Å². The van der Waals surface area contributed by atoms with Gasteiger partial charge in [-0.1, -0.05) is 6.42 Å². The molecular weight excluding hydrogens is 283 g/mol. The minimum atomic E-state index is -4.16. The Labute approximate surface area is 123 Å². The van der Waals surface area contributed by atoms with E-state index in [0.717, 1.165) is 25.7 Å². The van der Waals surface area contributed by atoms with Gasteiger partial charge in [0.15, 0.2) is 0 Å². The highest BCUT2D eigenvalue weighted by Gasteiger charge is 2.35. The van der Waals surface area contributed by atoms with Gasteiger partial charge in [0.1, 0.15) is 0 Å². The molecule has 0 aromatic carbocycles. The van der Waals surface area contributed by atoms with Crippen LogP contribution in [0.3, 0.4) is 0 Å². The summed E-state index contributed by atoms with van der Waals surface area (Å²) in [7, 11) is 0. The van der Waals surface area contributed by atoms with Crippen LogP contribution in [-0.4, -0.2) is 61.2 Å². The molecule has 0 aromatic rings. The third-order valence-electron chi connectivity index (χ3n) is 4.55. The molecule has 1 aliphatic heterocycles. The van der Waals surface area contributed by atoms with Crippen LogP contribution in [0.5, 0.6) is 0 Å². The Morgan fingerprint density at radius 3 is 2.38 bits per heavy atom. The van der Waals surface area contributed by atoms with Gasteiger partial charge in [-0.3, -0.25) is 9.69 Å². The number of hydrogen-bond acceptors (Lipinski definition) is 3. The molecule has 0 spiro atoms. The number of carbonyl (C=O) groups excluding carboxylic acids is 1. The predicted octanol–water partition coefficient (Wildman–Crippen LogP) is 1.46. The zero-order valence-corrected chi connectivity index (χ0v) is 12.2. The third kappa shape index (κ3) is 4.85. The molecule has 2 rings (SSSR count). The summed E-state index contributed by atoms with van der Waals surface area (Å²) < 4.78 is 37.0. The Hall–Kier alpha value is -0.820. The molecule has 7 heteroatoms. The van der Waals surface area contributed by atoms with Gasteiger partial charge in [0.2, 0.25) is 5.91 Å². The molecular formula is C14H24F3N3O. The lowest BCUT2D eigenvalue weighted by molar-refractivity contribution is -0.153. The number of halogens is 3. The van der Waals surface area contributed by atoms with Crippen molar-refractivity contribution in [3.05, 3.63) is 0 Å². The largest absolute Gasteiger partial charge is 0.401 e. The van der Waals surface area contributed by atoms with Crippen LogP contribution in [0.2, 0.25) is 0 Å². The summed E-state index contributed by atoms with van der Waals surface area (Å²) in [6.07, 6.45) is -0.341. The van der Waals surface area contributed by atoms with E-state index in [9.17, 15) is 18.0 Å². The predicted molar refractivity (Wildman–Crippen MR) is 73.6 cm³/mol. The van der Waals surface area contributed by atoms with E-state index in [1.807, 2.05) is 0 Å². The maximum Gasteiger partial charge on any atom is 0.401 e. The first kappa shape index (κ1) is 16.5. The van der Waals surface area contributed by atoms with Gasteiger partial charge in [-0.05, 0) is 31.7 Å². The van der Waals surface area contributed by atoms with Crippen LogP contribution >= 0.6 is 0 Å². The van der Waals surface area contributed by atoms with Crippen LogP contribution in [0.1, 0.15) is 25.7 Å². The molecule has 2 unspecified atom stereocenters. The summed E-state index contributed by atoms with van der Waals surface area (Å²) in [5.41, 5.74) is 5.68. The topological polar surface area (TPSA) is 49.6 Å². The molecule has 2 aliphatic rings. The average molecular weight is 307 g/mol. The van der Waals surface area contributed by atoms with E-state index in [4.69, 9.17) is 5.73 Å². The van der Waals surface area contributed by atoms with Crippen LogP contribution in [0.15, 0.2) is 0 Å². The lowest BCUT2D eigenvalue weighted by Crippen LogP contribution is -2.52. The Kier molecular flexibility index (Phi) is 5.48. The summed E-state index contributed by atoms with van der Waals surface area (Å²) in [6, 6.07) is 0. The maximum atomic E-state index is 12.5. The second-order valence-electron chi connectivity index (χ2n) is 6.18. The molecule has 1 aliphatic carbocycles. The highest BCUT2D eigenvalue weighted by atomic mass is 19.4. The van der Waals surface area contributed by atoms with Crippen molar-refractivity contribution in [3.63, 3.8) is 0 Å². The van der Waals surface area contributed by atoms with E-state index >= 15 is 0 Å². The van der Waals surface area contributed by atoms with Crippen LogP contribution in [0.25, 0.3) is 0 Å². The quantitative estimate of drug-likeness (QED) is 0.859.